The fraction of sp³-hybridized carbons (Fsp3) is 0.412. The number of carbonyl (C=O) groups excluding carboxylic acids is 2. The number of ether oxygens (including phenoxy) is 1. The van der Waals surface area contributed by atoms with Gasteiger partial charge in [-0.2, -0.15) is 0 Å². The molecule has 0 bridgehead atoms. The molecule has 0 radical (unpaired) electrons. The largest absolute Gasteiger partial charge is 0.374 e. The van der Waals surface area contributed by atoms with Crippen LogP contribution in [0.2, 0.25) is 0 Å². The molecule has 2 heterocycles. The van der Waals surface area contributed by atoms with E-state index in [2.05, 4.69) is 15.5 Å². The quantitative estimate of drug-likeness (QED) is 0.830. The third kappa shape index (κ3) is 5.30. The molecule has 1 N–H and O–H groups in total. The molecular weight excluding hydrogens is 359 g/mol. The number of nitrogens with zero attached hydrogens (tertiary/aromatic N) is 3. The first-order chi connectivity index (χ1) is 12.6. The number of benzene rings is 1. The van der Waals surface area contributed by atoms with E-state index in [-0.39, 0.29) is 36.6 Å². The maximum Gasteiger partial charge on any atom is 0.226 e. The van der Waals surface area contributed by atoms with E-state index in [4.69, 9.17) is 4.74 Å². The number of rotatable bonds is 6. The van der Waals surface area contributed by atoms with Gasteiger partial charge in [-0.05, 0) is 17.7 Å². The van der Waals surface area contributed by atoms with Crippen molar-refractivity contribution in [1.29, 1.82) is 0 Å². The fourth-order valence-corrected chi connectivity index (χ4v) is 3.25. The second kappa shape index (κ2) is 8.81. The van der Waals surface area contributed by atoms with Crippen molar-refractivity contribution in [3.63, 3.8) is 0 Å². The van der Waals surface area contributed by atoms with Crippen LogP contribution in [0.3, 0.4) is 0 Å². The number of anilines is 1. The zero-order valence-electron chi connectivity index (χ0n) is 14.1. The van der Waals surface area contributed by atoms with Gasteiger partial charge in [0.1, 0.15) is 11.3 Å². The van der Waals surface area contributed by atoms with Gasteiger partial charge in [0.2, 0.25) is 16.9 Å². The lowest BCUT2D eigenvalue weighted by molar-refractivity contribution is -0.139. The zero-order chi connectivity index (χ0) is 18.4. The molecule has 1 aromatic carbocycles. The molecule has 1 saturated heterocycles. The molecule has 7 nitrogen and oxygen atoms in total. The Kier molecular flexibility index (Phi) is 6.24. The van der Waals surface area contributed by atoms with E-state index in [0.717, 1.165) is 5.56 Å². The van der Waals surface area contributed by atoms with E-state index < -0.39 is 0 Å². The summed E-state index contributed by atoms with van der Waals surface area (Å²) >= 11 is 1.22. The topological polar surface area (TPSA) is 84.4 Å². The Morgan fingerprint density at radius 2 is 2.27 bits per heavy atom. The molecule has 0 spiro atoms. The standard InChI is InChI=1S/C17H19FN4O3S/c18-13-3-1-2-12(8-13)9-14-10-22(6-7-25-14)16(24)5-4-15(23)20-17-21-19-11-26-17/h1-3,8,11,14H,4-7,9-10H2,(H,20,21,23). The van der Waals surface area contributed by atoms with Crippen LogP contribution in [0.4, 0.5) is 9.52 Å². The van der Waals surface area contributed by atoms with Gasteiger partial charge in [-0.25, -0.2) is 4.39 Å². The van der Waals surface area contributed by atoms with Gasteiger partial charge in [0.25, 0.3) is 0 Å². The summed E-state index contributed by atoms with van der Waals surface area (Å²) < 4.78 is 19.0. The highest BCUT2D eigenvalue weighted by Gasteiger charge is 2.24. The Morgan fingerprint density at radius 3 is 3.04 bits per heavy atom. The maximum atomic E-state index is 13.3. The molecule has 1 fully saturated rings. The minimum Gasteiger partial charge on any atom is -0.374 e. The Morgan fingerprint density at radius 1 is 1.38 bits per heavy atom. The molecule has 9 heteroatoms. The number of morpholine rings is 1. The molecule has 26 heavy (non-hydrogen) atoms. The monoisotopic (exact) mass is 378 g/mol. The maximum absolute atomic E-state index is 13.3. The highest BCUT2D eigenvalue weighted by molar-refractivity contribution is 7.13. The minimum absolute atomic E-state index is 0.0876. The summed E-state index contributed by atoms with van der Waals surface area (Å²) in [6, 6.07) is 6.37. The van der Waals surface area contributed by atoms with Crippen molar-refractivity contribution >= 4 is 28.3 Å². The summed E-state index contributed by atoms with van der Waals surface area (Å²) in [4.78, 5) is 25.9. The molecule has 3 rings (SSSR count). The van der Waals surface area contributed by atoms with Crippen molar-refractivity contribution in [2.45, 2.75) is 25.4 Å². The van der Waals surface area contributed by atoms with Crippen molar-refractivity contribution in [3.8, 4) is 0 Å². The molecule has 2 aromatic rings. The van der Waals surface area contributed by atoms with Crippen LogP contribution in [0.15, 0.2) is 29.8 Å². The van der Waals surface area contributed by atoms with Gasteiger partial charge < -0.3 is 15.0 Å². The van der Waals surface area contributed by atoms with E-state index in [1.807, 2.05) is 6.07 Å². The van der Waals surface area contributed by atoms with Gasteiger partial charge in [-0.15, -0.1) is 10.2 Å². The van der Waals surface area contributed by atoms with Crippen LogP contribution in [0, 0.1) is 5.82 Å². The summed E-state index contributed by atoms with van der Waals surface area (Å²) in [6.45, 7) is 1.37. The Balaban J connectivity index is 1.46. The SMILES string of the molecule is O=C(CCC(=O)N1CCOC(Cc2cccc(F)c2)C1)Nc1nncs1. The average molecular weight is 378 g/mol. The number of aromatic nitrogens is 2. The molecule has 0 aliphatic carbocycles. The van der Waals surface area contributed by atoms with Gasteiger partial charge in [-0.3, -0.25) is 9.59 Å². The van der Waals surface area contributed by atoms with E-state index in [9.17, 15) is 14.0 Å². The van der Waals surface area contributed by atoms with Crippen LogP contribution in [-0.2, 0) is 20.7 Å². The van der Waals surface area contributed by atoms with Crippen molar-refractivity contribution in [1.82, 2.24) is 15.1 Å². The van der Waals surface area contributed by atoms with E-state index in [1.54, 1.807) is 11.0 Å². The van der Waals surface area contributed by atoms with Crippen molar-refractivity contribution in [2.75, 3.05) is 25.0 Å². The van der Waals surface area contributed by atoms with Crippen LogP contribution >= 0.6 is 11.3 Å². The zero-order valence-corrected chi connectivity index (χ0v) is 14.9. The number of hydrogen-bond donors (Lipinski definition) is 1. The molecule has 0 saturated carbocycles. The van der Waals surface area contributed by atoms with E-state index in [0.29, 0.717) is 31.2 Å². The normalized spacial score (nSPS) is 17.1. The molecule has 1 unspecified atom stereocenters. The summed E-state index contributed by atoms with van der Waals surface area (Å²) in [5.74, 6) is -0.641. The highest BCUT2D eigenvalue weighted by Crippen LogP contribution is 2.15. The van der Waals surface area contributed by atoms with Gasteiger partial charge >= 0.3 is 0 Å². The first-order valence-electron chi connectivity index (χ1n) is 8.30. The number of halogens is 1. The number of carbonyl (C=O) groups is 2. The average Bonchev–Trinajstić information content (AvgIpc) is 3.13. The van der Waals surface area contributed by atoms with Crippen LogP contribution < -0.4 is 5.32 Å². The predicted molar refractivity (Wildman–Crippen MR) is 94.2 cm³/mol. The Labute approximate surface area is 154 Å². The smallest absolute Gasteiger partial charge is 0.226 e. The molecular formula is C17H19FN4O3S. The molecule has 1 atom stereocenters. The van der Waals surface area contributed by atoms with Gasteiger partial charge in [0.05, 0.1) is 12.7 Å². The Bertz CT molecular complexity index is 756. The third-order valence-corrected chi connectivity index (χ3v) is 4.62. The first kappa shape index (κ1) is 18.4. The van der Waals surface area contributed by atoms with E-state index >= 15 is 0 Å². The summed E-state index contributed by atoms with van der Waals surface area (Å²) in [5, 5.41) is 10.4. The highest BCUT2D eigenvalue weighted by atomic mass is 32.1. The molecule has 138 valence electrons. The second-order valence-corrected chi connectivity index (χ2v) is 6.79. The van der Waals surface area contributed by atoms with Crippen LogP contribution in [-0.4, -0.2) is 52.7 Å². The minimum atomic E-state index is -0.285. The third-order valence-electron chi connectivity index (χ3n) is 4.02. The van der Waals surface area contributed by atoms with E-state index in [1.165, 1.54) is 29.0 Å². The molecule has 2 amide bonds. The van der Waals surface area contributed by atoms with Gasteiger partial charge in [0, 0.05) is 32.4 Å². The summed E-state index contributed by atoms with van der Waals surface area (Å²) in [7, 11) is 0. The number of nitrogens with one attached hydrogen (secondary N) is 1. The lowest BCUT2D eigenvalue weighted by Crippen LogP contribution is -2.46. The molecule has 1 aliphatic rings. The van der Waals surface area contributed by atoms with Crippen LogP contribution in [0.1, 0.15) is 18.4 Å². The summed E-state index contributed by atoms with van der Waals surface area (Å²) in [5.41, 5.74) is 2.36. The first-order valence-corrected chi connectivity index (χ1v) is 9.18. The lowest BCUT2D eigenvalue weighted by atomic mass is 10.1. The summed E-state index contributed by atoms with van der Waals surface area (Å²) in [6.07, 6.45) is 0.575. The second-order valence-electron chi connectivity index (χ2n) is 5.96. The lowest BCUT2D eigenvalue weighted by Gasteiger charge is -2.33. The van der Waals surface area contributed by atoms with Crippen molar-refractivity contribution in [2.24, 2.45) is 0 Å². The molecule has 1 aromatic heterocycles. The fourth-order valence-electron chi connectivity index (χ4n) is 2.78. The molecule has 1 aliphatic heterocycles. The predicted octanol–water partition coefficient (Wildman–Crippen LogP) is 1.87. The van der Waals surface area contributed by atoms with Crippen molar-refractivity contribution in [3.05, 3.63) is 41.2 Å². The number of hydrogen-bond acceptors (Lipinski definition) is 6. The Hall–Kier alpha value is -2.39. The van der Waals surface area contributed by atoms with Gasteiger partial charge in [-0.1, -0.05) is 23.5 Å². The number of amides is 2. The van der Waals surface area contributed by atoms with Crippen LogP contribution in [0.5, 0.6) is 0 Å². The van der Waals surface area contributed by atoms with Crippen molar-refractivity contribution < 1.29 is 18.7 Å². The van der Waals surface area contributed by atoms with Crippen LogP contribution in [0.25, 0.3) is 0 Å². The van der Waals surface area contributed by atoms with Gasteiger partial charge in [0.15, 0.2) is 0 Å².